The molecule has 0 bridgehead atoms. The third-order valence-electron chi connectivity index (χ3n) is 6.72. The van der Waals surface area contributed by atoms with E-state index in [-0.39, 0.29) is 11.9 Å². The Hall–Kier alpha value is -2.16. The van der Waals surface area contributed by atoms with Crippen molar-refractivity contribution in [3.8, 4) is 5.75 Å². The first-order chi connectivity index (χ1) is 14.1. The standard InChI is InChI=1S/C21H31N5O3/c1-23-9-7-21(8-10-23)19(27)26(20(28)22-21)17-25-13-11-24(12-14-25)15-16-29-18-5-3-2-4-6-18/h2-6H,7-17H2,1H3,(H,22,28)/p+3. The van der Waals surface area contributed by atoms with Crippen LogP contribution < -0.4 is 24.8 Å². The first-order valence-corrected chi connectivity index (χ1v) is 10.9. The zero-order valence-electron chi connectivity index (χ0n) is 17.3. The van der Waals surface area contributed by atoms with Crippen molar-refractivity contribution in [3.63, 3.8) is 0 Å². The molecular weight excluding hydrogens is 370 g/mol. The highest BCUT2D eigenvalue weighted by atomic mass is 16.5. The number of benzene rings is 1. The van der Waals surface area contributed by atoms with Crippen LogP contribution >= 0.6 is 0 Å². The van der Waals surface area contributed by atoms with Gasteiger partial charge in [-0.3, -0.25) is 4.79 Å². The van der Waals surface area contributed by atoms with Gasteiger partial charge in [-0.05, 0) is 12.1 Å². The number of carbonyl (C=O) groups is 2. The van der Waals surface area contributed by atoms with E-state index >= 15 is 0 Å². The molecule has 1 spiro atoms. The van der Waals surface area contributed by atoms with E-state index in [1.807, 2.05) is 30.3 Å². The average Bonchev–Trinajstić information content (AvgIpc) is 2.96. The van der Waals surface area contributed by atoms with Gasteiger partial charge in [0, 0.05) is 12.8 Å². The summed E-state index contributed by atoms with van der Waals surface area (Å²) in [6.07, 6.45) is 1.49. The van der Waals surface area contributed by atoms with Crippen LogP contribution in [0.1, 0.15) is 12.8 Å². The fourth-order valence-corrected chi connectivity index (χ4v) is 4.68. The number of ether oxygens (including phenoxy) is 1. The van der Waals surface area contributed by atoms with Crippen LogP contribution in [0.15, 0.2) is 30.3 Å². The normalized spacial score (nSPS) is 32.4. The summed E-state index contributed by atoms with van der Waals surface area (Å²) in [5.41, 5.74) is -0.641. The molecule has 3 heterocycles. The van der Waals surface area contributed by atoms with Crippen molar-refractivity contribution >= 4 is 11.9 Å². The van der Waals surface area contributed by atoms with Gasteiger partial charge in [0.1, 0.15) is 50.6 Å². The van der Waals surface area contributed by atoms with Gasteiger partial charge in [-0.15, -0.1) is 0 Å². The molecule has 4 rings (SSSR count). The number of carbonyl (C=O) groups excluding carboxylic acids is 2. The Morgan fingerprint density at radius 1 is 1.00 bits per heavy atom. The van der Waals surface area contributed by atoms with E-state index < -0.39 is 5.54 Å². The van der Waals surface area contributed by atoms with Crippen molar-refractivity contribution in [1.82, 2.24) is 10.2 Å². The van der Waals surface area contributed by atoms with E-state index in [1.54, 1.807) is 0 Å². The van der Waals surface area contributed by atoms with E-state index in [4.69, 9.17) is 4.74 Å². The highest BCUT2D eigenvalue weighted by Gasteiger charge is 2.54. The number of piperidine rings is 1. The summed E-state index contributed by atoms with van der Waals surface area (Å²) >= 11 is 0. The number of amides is 3. The zero-order chi connectivity index (χ0) is 20.3. The molecule has 0 aliphatic carbocycles. The lowest BCUT2D eigenvalue weighted by Gasteiger charge is -2.34. The third kappa shape index (κ3) is 4.55. The predicted octanol–water partition coefficient (Wildman–Crippen LogP) is -3.59. The number of piperazine rings is 1. The van der Waals surface area contributed by atoms with Crippen LogP contribution in [0.4, 0.5) is 4.79 Å². The molecule has 1 aromatic carbocycles. The van der Waals surface area contributed by atoms with E-state index in [9.17, 15) is 9.59 Å². The summed E-state index contributed by atoms with van der Waals surface area (Å²) in [6.45, 7) is 8.05. The summed E-state index contributed by atoms with van der Waals surface area (Å²) in [4.78, 5) is 31.3. The number of imide groups is 1. The first-order valence-electron chi connectivity index (χ1n) is 10.9. The summed E-state index contributed by atoms with van der Waals surface area (Å²) < 4.78 is 5.81. The topological polar surface area (TPSA) is 72.0 Å². The maximum atomic E-state index is 13.0. The van der Waals surface area contributed by atoms with E-state index in [0.29, 0.717) is 13.3 Å². The fourth-order valence-electron chi connectivity index (χ4n) is 4.68. The maximum absolute atomic E-state index is 13.0. The molecule has 0 radical (unpaired) electrons. The van der Waals surface area contributed by atoms with Gasteiger partial charge in [0.15, 0.2) is 6.67 Å². The van der Waals surface area contributed by atoms with Gasteiger partial charge in [0.05, 0.1) is 20.1 Å². The lowest BCUT2D eigenvalue weighted by molar-refractivity contribution is -1.01. The molecule has 1 aromatic rings. The summed E-state index contributed by atoms with van der Waals surface area (Å²) in [6, 6.07) is 9.71. The Bertz CT molecular complexity index is 712. The molecule has 0 saturated carbocycles. The second-order valence-corrected chi connectivity index (χ2v) is 8.77. The molecule has 29 heavy (non-hydrogen) atoms. The quantitative estimate of drug-likeness (QED) is 0.371. The smallest absolute Gasteiger partial charge is 0.329 e. The molecule has 3 aliphatic rings. The van der Waals surface area contributed by atoms with Crippen molar-refractivity contribution in [2.45, 2.75) is 18.4 Å². The average molecular weight is 405 g/mol. The molecule has 3 aliphatic heterocycles. The van der Waals surface area contributed by atoms with E-state index in [0.717, 1.165) is 64.4 Å². The fraction of sp³-hybridized carbons (Fsp3) is 0.619. The number of para-hydroxylation sites is 1. The largest absolute Gasteiger partial charge is 0.488 e. The molecule has 3 saturated heterocycles. The van der Waals surface area contributed by atoms with Crippen molar-refractivity contribution < 1.29 is 29.0 Å². The first kappa shape index (κ1) is 20.1. The molecule has 8 nitrogen and oxygen atoms in total. The number of likely N-dealkylation sites (tertiary alicyclic amines) is 1. The number of nitrogens with zero attached hydrogens (tertiary/aromatic N) is 1. The molecule has 8 heteroatoms. The van der Waals surface area contributed by atoms with E-state index in [2.05, 4.69) is 12.4 Å². The van der Waals surface area contributed by atoms with Gasteiger partial charge >= 0.3 is 6.03 Å². The molecule has 3 fully saturated rings. The van der Waals surface area contributed by atoms with Crippen LogP contribution in [-0.2, 0) is 4.79 Å². The number of quaternary nitrogens is 3. The Balaban J connectivity index is 1.21. The molecule has 0 unspecified atom stereocenters. The molecule has 0 aromatic heterocycles. The van der Waals surface area contributed by atoms with Crippen molar-refractivity contribution in [1.29, 1.82) is 0 Å². The highest BCUT2D eigenvalue weighted by molar-refractivity contribution is 6.06. The van der Waals surface area contributed by atoms with Crippen LogP contribution in [0.3, 0.4) is 0 Å². The number of hydrogen-bond acceptors (Lipinski definition) is 3. The Morgan fingerprint density at radius 2 is 1.66 bits per heavy atom. The number of rotatable bonds is 6. The minimum absolute atomic E-state index is 0.00598. The van der Waals surface area contributed by atoms with Gasteiger partial charge < -0.3 is 24.8 Å². The minimum atomic E-state index is -0.641. The van der Waals surface area contributed by atoms with Crippen LogP contribution in [0.2, 0.25) is 0 Å². The Morgan fingerprint density at radius 3 is 2.34 bits per heavy atom. The van der Waals surface area contributed by atoms with Crippen LogP contribution in [0.25, 0.3) is 0 Å². The second-order valence-electron chi connectivity index (χ2n) is 8.77. The molecular formula is C21H34N5O3+3. The second kappa shape index (κ2) is 8.69. The van der Waals surface area contributed by atoms with Crippen molar-refractivity contribution in [2.75, 3.05) is 66.1 Å². The SMILES string of the molecule is C[NH+]1CCC2(CC1)NC(=O)N(C[NH+]1CC[NH+](CCOc3ccccc3)CC1)C2=O. The van der Waals surface area contributed by atoms with Crippen molar-refractivity contribution in [3.05, 3.63) is 30.3 Å². The molecule has 3 amide bonds. The lowest BCUT2D eigenvalue weighted by atomic mass is 9.88. The Labute approximate surface area is 172 Å². The van der Waals surface area contributed by atoms with Gasteiger partial charge in [0.2, 0.25) is 0 Å². The van der Waals surface area contributed by atoms with Gasteiger partial charge in [-0.1, -0.05) is 18.2 Å². The van der Waals surface area contributed by atoms with Gasteiger partial charge in [0.25, 0.3) is 5.91 Å². The van der Waals surface area contributed by atoms with Crippen LogP contribution in [0.5, 0.6) is 5.75 Å². The summed E-state index contributed by atoms with van der Waals surface area (Å²) in [7, 11) is 2.14. The number of nitrogens with one attached hydrogen (secondary N) is 4. The summed E-state index contributed by atoms with van der Waals surface area (Å²) in [5, 5.41) is 3.02. The lowest BCUT2D eigenvalue weighted by Crippen LogP contribution is -3.28. The number of urea groups is 1. The van der Waals surface area contributed by atoms with Crippen LogP contribution in [-0.4, -0.2) is 88.5 Å². The summed E-state index contributed by atoms with van der Waals surface area (Å²) in [5.74, 6) is 0.910. The zero-order valence-corrected chi connectivity index (χ0v) is 17.3. The predicted molar refractivity (Wildman–Crippen MR) is 107 cm³/mol. The van der Waals surface area contributed by atoms with Gasteiger partial charge in [-0.2, -0.15) is 0 Å². The van der Waals surface area contributed by atoms with Crippen molar-refractivity contribution in [2.24, 2.45) is 0 Å². The van der Waals surface area contributed by atoms with Crippen LogP contribution in [0, 0.1) is 0 Å². The Kier molecular flexibility index (Phi) is 6.03. The molecule has 0 atom stereocenters. The minimum Gasteiger partial charge on any atom is -0.488 e. The maximum Gasteiger partial charge on any atom is 0.329 e. The highest BCUT2D eigenvalue weighted by Crippen LogP contribution is 2.25. The molecule has 4 N–H and O–H groups in total. The van der Waals surface area contributed by atoms with Gasteiger partial charge in [-0.25, -0.2) is 9.69 Å². The third-order valence-corrected chi connectivity index (χ3v) is 6.72. The number of hydrogen-bond donors (Lipinski definition) is 4. The molecule has 158 valence electrons. The monoisotopic (exact) mass is 404 g/mol. The van der Waals surface area contributed by atoms with E-state index in [1.165, 1.54) is 19.6 Å².